The molecule has 0 aliphatic carbocycles. The molecule has 0 saturated carbocycles. The summed E-state index contributed by atoms with van der Waals surface area (Å²) in [6, 6.07) is 11.1. The van der Waals surface area contributed by atoms with E-state index in [2.05, 4.69) is 31.1 Å². The van der Waals surface area contributed by atoms with Gasteiger partial charge in [0.25, 0.3) is 5.89 Å². The van der Waals surface area contributed by atoms with Gasteiger partial charge in [-0.05, 0) is 61.1 Å². The van der Waals surface area contributed by atoms with Crippen LogP contribution in [0.15, 0.2) is 65.6 Å². The van der Waals surface area contributed by atoms with E-state index < -0.39 is 11.6 Å². The number of pyridine rings is 2. The van der Waals surface area contributed by atoms with E-state index in [1.54, 1.807) is 12.4 Å². The molecule has 8 heteroatoms. The lowest BCUT2D eigenvalue weighted by Crippen LogP contribution is -2.31. The molecule has 0 spiro atoms. The van der Waals surface area contributed by atoms with Crippen molar-refractivity contribution >= 4 is 5.82 Å². The predicted molar refractivity (Wildman–Crippen MR) is 120 cm³/mol. The van der Waals surface area contributed by atoms with E-state index in [-0.39, 0.29) is 17.4 Å². The molecule has 168 valence electrons. The van der Waals surface area contributed by atoms with E-state index in [4.69, 9.17) is 4.52 Å². The second-order valence-electron chi connectivity index (χ2n) is 8.16. The van der Waals surface area contributed by atoms with Crippen LogP contribution >= 0.6 is 0 Å². The quantitative estimate of drug-likeness (QED) is 0.406. The topological polar surface area (TPSA) is 67.9 Å². The fraction of sp³-hybridized carbons (Fsp3) is 0.280. The highest BCUT2D eigenvalue weighted by molar-refractivity contribution is 5.54. The molecule has 1 aliphatic heterocycles. The fourth-order valence-electron chi connectivity index (χ4n) is 4.29. The van der Waals surface area contributed by atoms with Crippen LogP contribution in [0.5, 0.6) is 0 Å². The number of aromatic nitrogens is 4. The Hall–Kier alpha value is -3.68. The normalized spacial score (nSPS) is 14.9. The van der Waals surface area contributed by atoms with E-state index >= 15 is 0 Å². The molecule has 0 radical (unpaired) electrons. The Morgan fingerprint density at radius 1 is 1.00 bits per heavy atom. The van der Waals surface area contributed by atoms with Crippen molar-refractivity contribution in [2.45, 2.75) is 31.6 Å². The molecule has 5 rings (SSSR count). The average molecular weight is 447 g/mol. The van der Waals surface area contributed by atoms with Gasteiger partial charge in [-0.3, -0.25) is 4.98 Å². The molecule has 0 N–H and O–H groups in total. The van der Waals surface area contributed by atoms with Gasteiger partial charge in [-0.15, -0.1) is 0 Å². The lowest BCUT2D eigenvalue weighted by Gasteiger charge is -2.30. The smallest absolute Gasteiger partial charge is 0.260 e. The summed E-state index contributed by atoms with van der Waals surface area (Å²) >= 11 is 0. The molecular weight excluding hydrogens is 424 g/mol. The Morgan fingerprint density at radius 3 is 2.64 bits per heavy atom. The Bertz CT molecular complexity index is 1220. The van der Waals surface area contributed by atoms with Gasteiger partial charge in [0.2, 0.25) is 0 Å². The molecule has 33 heavy (non-hydrogen) atoms. The SMILES string of the molecule is Fc1ccc(-c2nc(C(Cc3cccnc3N3CCCCC3)c3cccnc3)no2)c(F)c1. The van der Waals surface area contributed by atoms with Crippen LogP contribution in [0.4, 0.5) is 14.6 Å². The third-order valence-electron chi connectivity index (χ3n) is 5.95. The Labute approximate surface area is 190 Å². The molecule has 0 bridgehead atoms. The monoisotopic (exact) mass is 447 g/mol. The van der Waals surface area contributed by atoms with Crippen LogP contribution in [0, 0.1) is 11.6 Å². The van der Waals surface area contributed by atoms with Crippen LogP contribution in [-0.2, 0) is 6.42 Å². The second-order valence-corrected chi connectivity index (χ2v) is 8.16. The van der Waals surface area contributed by atoms with E-state index in [0.29, 0.717) is 12.2 Å². The summed E-state index contributed by atoms with van der Waals surface area (Å²) in [7, 11) is 0. The maximum Gasteiger partial charge on any atom is 0.260 e. The molecule has 1 unspecified atom stereocenters. The summed E-state index contributed by atoms with van der Waals surface area (Å²) in [4.78, 5) is 15.7. The van der Waals surface area contributed by atoms with Crippen molar-refractivity contribution in [3.63, 3.8) is 0 Å². The molecule has 1 atom stereocenters. The molecule has 6 nitrogen and oxygen atoms in total. The fourth-order valence-corrected chi connectivity index (χ4v) is 4.29. The summed E-state index contributed by atoms with van der Waals surface area (Å²) in [5, 5.41) is 4.16. The Kier molecular flexibility index (Phi) is 6.06. The maximum absolute atomic E-state index is 14.3. The van der Waals surface area contributed by atoms with Crippen LogP contribution in [0.3, 0.4) is 0 Å². The summed E-state index contributed by atoms with van der Waals surface area (Å²) in [5.74, 6) is -0.283. The summed E-state index contributed by atoms with van der Waals surface area (Å²) in [6.07, 6.45) is 9.42. The zero-order valence-corrected chi connectivity index (χ0v) is 18.0. The number of hydrogen-bond donors (Lipinski definition) is 0. The van der Waals surface area contributed by atoms with Crippen molar-refractivity contribution in [3.8, 4) is 11.5 Å². The molecule has 1 aliphatic rings. The lowest BCUT2D eigenvalue weighted by atomic mass is 9.92. The van der Waals surface area contributed by atoms with E-state index in [1.165, 1.54) is 18.6 Å². The van der Waals surface area contributed by atoms with Crippen LogP contribution < -0.4 is 4.90 Å². The minimum atomic E-state index is -0.747. The molecule has 3 aromatic heterocycles. The minimum Gasteiger partial charge on any atom is -0.356 e. The van der Waals surface area contributed by atoms with Crippen LogP contribution in [-0.4, -0.2) is 33.2 Å². The molecule has 4 aromatic rings. The van der Waals surface area contributed by atoms with Crippen molar-refractivity contribution in [3.05, 3.63) is 89.6 Å². The second kappa shape index (κ2) is 9.44. The van der Waals surface area contributed by atoms with Gasteiger partial charge < -0.3 is 9.42 Å². The van der Waals surface area contributed by atoms with Crippen LogP contribution in [0.2, 0.25) is 0 Å². The average Bonchev–Trinajstić information content (AvgIpc) is 3.33. The van der Waals surface area contributed by atoms with Crippen LogP contribution in [0.1, 0.15) is 42.1 Å². The highest BCUT2D eigenvalue weighted by Gasteiger charge is 2.25. The van der Waals surface area contributed by atoms with E-state index in [1.807, 2.05) is 24.4 Å². The number of benzene rings is 1. The van der Waals surface area contributed by atoms with Gasteiger partial charge in [0.1, 0.15) is 17.5 Å². The van der Waals surface area contributed by atoms with Crippen molar-refractivity contribution in [1.29, 1.82) is 0 Å². The largest absolute Gasteiger partial charge is 0.356 e. The van der Waals surface area contributed by atoms with Crippen molar-refractivity contribution < 1.29 is 13.3 Å². The Morgan fingerprint density at radius 2 is 1.85 bits per heavy atom. The number of anilines is 1. The number of hydrogen-bond acceptors (Lipinski definition) is 6. The number of halogens is 2. The molecule has 1 fully saturated rings. The van der Waals surface area contributed by atoms with E-state index in [0.717, 1.165) is 48.9 Å². The summed E-state index contributed by atoms with van der Waals surface area (Å²) < 4.78 is 33.0. The highest BCUT2D eigenvalue weighted by Crippen LogP contribution is 2.32. The van der Waals surface area contributed by atoms with Gasteiger partial charge >= 0.3 is 0 Å². The first-order chi connectivity index (χ1) is 16.2. The maximum atomic E-state index is 14.3. The third-order valence-corrected chi connectivity index (χ3v) is 5.95. The van der Waals surface area contributed by atoms with Crippen molar-refractivity contribution in [1.82, 2.24) is 20.1 Å². The number of nitrogens with zero attached hydrogens (tertiary/aromatic N) is 5. The van der Waals surface area contributed by atoms with Gasteiger partial charge in [-0.25, -0.2) is 13.8 Å². The third kappa shape index (κ3) is 4.60. The van der Waals surface area contributed by atoms with Gasteiger partial charge in [0.15, 0.2) is 5.82 Å². The van der Waals surface area contributed by atoms with Gasteiger partial charge in [-0.1, -0.05) is 17.3 Å². The van der Waals surface area contributed by atoms with E-state index in [9.17, 15) is 8.78 Å². The molecule has 1 aromatic carbocycles. The first kappa shape index (κ1) is 21.2. The molecule has 4 heterocycles. The number of piperidine rings is 1. The summed E-state index contributed by atoms with van der Waals surface area (Å²) in [5.41, 5.74) is 2.06. The van der Waals surface area contributed by atoms with Gasteiger partial charge in [-0.2, -0.15) is 4.98 Å². The summed E-state index contributed by atoms with van der Waals surface area (Å²) in [6.45, 7) is 1.97. The standard InChI is InChI=1S/C25H23F2N5O/c26-19-8-9-20(22(27)15-19)25-30-23(31-33-25)21(18-7-4-10-28-16-18)14-17-6-5-11-29-24(17)32-12-2-1-3-13-32/h4-11,15-16,21H,1-3,12-14H2. The molecular formula is C25H23F2N5O. The lowest BCUT2D eigenvalue weighted by molar-refractivity contribution is 0.416. The van der Waals surface area contributed by atoms with Gasteiger partial charge in [0.05, 0.1) is 11.5 Å². The molecule has 1 saturated heterocycles. The molecule has 0 amide bonds. The number of rotatable bonds is 6. The highest BCUT2D eigenvalue weighted by atomic mass is 19.1. The first-order valence-electron chi connectivity index (χ1n) is 11.1. The van der Waals surface area contributed by atoms with Crippen LogP contribution in [0.25, 0.3) is 11.5 Å². The zero-order chi connectivity index (χ0) is 22.6. The van der Waals surface area contributed by atoms with Crippen molar-refractivity contribution in [2.24, 2.45) is 0 Å². The first-order valence-corrected chi connectivity index (χ1v) is 11.1. The van der Waals surface area contributed by atoms with Gasteiger partial charge in [0, 0.05) is 37.7 Å². The zero-order valence-electron chi connectivity index (χ0n) is 18.0. The predicted octanol–water partition coefficient (Wildman–Crippen LogP) is 5.17. The van der Waals surface area contributed by atoms with Crippen molar-refractivity contribution in [2.75, 3.05) is 18.0 Å². The Balaban J connectivity index is 1.51. The minimum absolute atomic E-state index is 0.0128.